The number of nitrogens with one attached hydrogen (secondary N) is 1. The van der Waals surface area contributed by atoms with Gasteiger partial charge in [-0.2, -0.15) is 0 Å². The lowest BCUT2D eigenvalue weighted by Crippen LogP contribution is -2.41. The second kappa shape index (κ2) is 18.3. The molecule has 0 radical (unpaired) electrons. The molecule has 1 amide bonds. The molecule has 1 aromatic rings. The van der Waals surface area contributed by atoms with E-state index >= 15 is 0 Å². The van der Waals surface area contributed by atoms with Crippen molar-refractivity contribution in [3.8, 4) is 0 Å². The molecule has 0 saturated carbocycles. The number of aldehydes is 1. The zero-order valence-electron chi connectivity index (χ0n) is 21.9. The molecule has 3 atom stereocenters. The third-order valence-corrected chi connectivity index (χ3v) is 4.52. The van der Waals surface area contributed by atoms with Crippen LogP contribution >= 0.6 is 0 Å². The summed E-state index contributed by atoms with van der Waals surface area (Å²) < 4.78 is 5.03. The smallest absolute Gasteiger partial charge is 0.237 e. The van der Waals surface area contributed by atoms with E-state index < -0.39 is 11.6 Å². The molecule has 1 heterocycles. The molecule has 0 spiro atoms. The Labute approximate surface area is 201 Å². The first-order valence-corrected chi connectivity index (χ1v) is 11.8. The number of ether oxygens (including phenoxy) is 1. The minimum Gasteiger partial charge on any atom is -0.362 e. The summed E-state index contributed by atoms with van der Waals surface area (Å²) in [7, 11) is 0. The van der Waals surface area contributed by atoms with Crippen LogP contribution in [0.3, 0.4) is 0 Å². The Balaban J connectivity index is 0. The van der Waals surface area contributed by atoms with E-state index in [-0.39, 0.29) is 24.3 Å². The van der Waals surface area contributed by atoms with Crippen molar-refractivity contribution in [2.45, 2.75) is 85.9 Å². The lowest BCUT2D eigenvalue weighted by atomic mass is 9.94. The van der Waals surface area contributed by atoms with Crippen molar-refractivity contribution in [2.75, 3.05) is 13.2 Å². The van der Waals surface area contributed by atoms with Crippen molar-refractivity contribution in [3.63, 3.8) is 0 Å². The first kappa shape index (κ1) is 33.1. The van der Waals surface area contributed by atoms with Crippen molar-refractivity contribution < 1.29 is 19.1 Å². The Morgan fingerprint density at radius 1 is 1.03 bits per heavy atom. The van der Waals surface area contributed by atoms with E-state index in [4.69, 9.17) is 16.2 Å². The summed E-state index contributed by atoms with van der Waals surface area (Å²) in [5.74, 6) is 0.653. The van der Waals surface area contributed by atoms with Crippen LogP contribution in [0, 0.1) is 18.8 Å². The molecule has 1 unspecified atom stereocenters. The van der Waals surface area contributed by atoms with Crippen LogP contribution in [-0.2, 0) is 19.1 Å². The predicted molar refractivity (Wildman–Crippen MR) is 136 cm³/mol. The molecule has 2 rings (SSSR count). The van der Waals surface area contributed by atoms with E-state index in [1.54, 1.807) is 6.92 Å². The van der Waals surface area contributed by atoms with Crippen molar-refractivity contribution in [1.82, 2.24) is 5.32 Å². The highest BCUT2D eigenvalue weighted by Crippen LogP contribution is 2.28. The number of amides is 1. The van der Waals surface area contributed by atoms with Gasteiger partial charge in [0, 0.05) is 0 Å². The third kappa shape index (κ3) is 17.1. The normalized spacial score (nSPS) is 17.7. The molecule has 1 fully saturated rings. The maximum Gasteiger partial charge on any atom is 0.237 e. The number of Topliss-reactive ketones (excluding diaryl/α,β-unsaturated/α-hetero) is 1. The van der Waals surface area contributed by atoms with Gasteiger partial charge in [-0.1, -0.05) is 77.4 Å². The largest absolute Gasteiger partial charge is 0.362 e. The summed E-state index contributed by atoms with van der Waals surface area (Å²) in [6, 6.07) is 9.42. The first-order chi connectivity index (χ1) is 15.4. The minimum atomic E-state index is -0.547. The Morgan fingerprint density at radius 3 is 1.82 bits per heavy atom. The van der Waals surface area contributed by atoms with Gasteiger partial charge >= 0.3 is 0 Å². The number of rotatable bonds is 9. The fourth-order valence-electron chi connectivity index (χ4n) is 2.68. The minimum absolute atomic E-state index is 0.0463. The number of carbonyl (C=O) groups is 3. The summed E-state index contributed by atoms with van der Waals surface area (Å²) in [6.45, 7) is 16.6. The Bertz CT molecular complexity index is 659. The molecule has 0 aromatic heterocycles. The molecule has 1 aromatic carbocycles. The standard InChI is InChI=1S/C9H17NO2.C8H16N2O2.C7H8.C2H6/c1-6(2)4-7(10)8(11)9(3)5-12-9;1-6(2)5-7(9)8(12)10-3-4-11;1-7-5-3-2-4-6-7;1-2/h6-7H,4-5,10H2,1-3H3;4,6-7H,3,5,9H2,1-2H3,(H,10,12);2-6H,1H3;1-2H3/t7-,9?;7-;;/m00../s1. The average molecular weight is 466 g/mol. The quantitative estimate of drug-likeness (QED) is 0.379. The molecule has 190 valence electrons. The van der Waals surface area contributed by atoms with Crippen LogP contribution in [0.4, 0.5) is 0 Å². The van der Waals surface area contributed by atoms with Crippen LogP contribution in [0.25, 0.3) is 0 Å². The van der Waals surface area contributed by atoms with Gasteiger partial charge in [0.2, 0.25) is 5.91 Å². The van der Waals surface area contributed by atoms with E-state index in [0.29, 0.717) is 31.1 Å². The van der Waals surface area contributed by atoms with E-state index in [2.05, 4.69) is 38.2 Å². The van der Waals surface area contributed by atoms with E-state index in [9.17, 15) is 14.4 Å². The van der Waals surface area contributed by atoms with Crippen LogP contribution in [0.2, 0.25) is 0 Å². The Morgan fingerprint density at radius 2 is 1.48 bits per heavy atom. The number of epoxide rings is 1. The topological polar surface area (TPSA) is 128 Å². The molecular weight excluding hydrogens is 418 g/mol. The summed E-state index contributed by atoms with van der Waals surface area (Å²) in [5.41, 5.74) is 12.0. The van der Waals surface area contributed by atoms with Gasteiger partial charge in [-0.25, -0.2) is 0 Å². The van der Waals surface area contributed by atoms with E-state index in [0.717, 1.165) is 6.42 Å². The van der Waals surface area contributed by atoms with Gasteiger partial charge in [0.25, 0.3) is 0 Å². The van der Waals surface area contributed by atoms with Crippen LogP contribution < -0.4 is 16.8 Å². The van der Waals surface area contributed by atoms with Crippen molar-refractivity contribution in [1.29, 1.82) is 0 Å². The fraction of sp³-hybridized carbons (Fsp3) is 0.654. The number of nitrogens with two attached hydrogens (primary N) is 2. The summed E-state index contributed by atoms with van der Waals surface area (Å²) >= 11 is 0. The highest BCUT2D eigenvalue weighted by molar-refractivity contribution is 5.93. The fourth-order valence-corrected chi connectivity index (χ4v) is 2.68. The highest BCUT2D eigenvalue weighted by atomic mass is 16.6. The molecule has 7 heteroatoms. The lowest BCUT2D eigenvalue weighted by molar-refractivity contribution is -0.125. The number of hydrogen-bond acceptors (Lipinski definition) is 6. The summed E-state index contributed by atoms with van der Waals surface area (Å²) in [4.78, 5) is 32.5. The third-order valence-electron chi connectivity index (χ3n) is 4.52. The number of hydrogen-bond donors (Lipinski definition) is 3. The Hall–Kier alpha value is -2.09. The van der Waals surface area contributed by atoms with Crippen molar-refractivity contribution in [2.24, 2.45) is 23.3 Å². The summed E-state index contributed by atoms with van der Waals surface area (Å²) in [6.07, 6.45) is 2.03. The van der Waals surface area contributed by atoms with Gasteiger partial charge in [-0.05, 0) is 38.5 Å². The van der Waals surface area contributed by atoms with E-state index in [1.165, 1.54) is 5.56 Å². The first-order valence-electron chi connectivity index (χ1n) is 11.8. The molecule has 7 nitrogen and oxygen atoms in total. The number of ketones is 1. The molecule has 0 aliphatic carbocycles. The zero-order valence-corrected chi connectivity index (χ0v) is 21.9. The second-order valence-electron chi connectivity index (χ2n) is 8.92. The SMILES string of the molecule is CC.CC(C)C[C@H](N)C(=O)C1(C)CO1.CC(C)C[C@H](N)C(=O)NCC=O.Cc1ccccc1. The maximum atomic E-state index is 11.5. The van der Waals surface area contributed by atoms with Gasteiger partial charge in [0.1, 0.15) is 11.9 Å². The molecule has 33 heavy (non-hydrogen) atoms. The van der Waals surface area contributed by atoms with Gasteiger partial charge in [0.05, 0.1) is 25.2 Å². The van der Waals surface area contributed by atoms with E-state index in [1.807, 2.05) is 45.9 Å². The average Bonchev–Trinajstić information content (AvgIpc) is 3.52. The second-order valence-corrected chi connectivity index (χ2v) is 8.92. The van der Waals surface area contributed by atoms with Crippen molar-refractivity contribution >= 4 is 18.0 Å². The predicted octanol–water partition coefficient (Wildman–Crippen LogP) is 3.41. The number of carbonyl (C=O) groups excluding carboxylic acids is 3. The van der Waals surface area contributed by atoms with Gasteiger partial charge in [0.15, 0.2) is 5.78 Å². The van der Waals surface area contributed by atoms with Crippen molar-refractivity contribution in [3.05, 3.63) is 35.9 Å². The zero-order chi connectivity index (χ0) is 26.0. The molecular formula is C26H47N3O4. The van der Waals surface area contributed by atoms with Crippen LogP contribution in [-0.4, -0.2) is 48.8 Å². The molecule has 5 N–H and O–H groups in total. The monoisotopic (exact) mass is 465 g/mol. The molecule has 1 aliphatic rings. The van der Waals surface area contributed by atoms with Crippen LogP contribution in [0.15, 0.2) is 30.3 Å². The number of aryl methyl sites for hydroxylation is 1. The highest BCUT2D eigenvalue weighted by Gasteiger charge is 2.48. The van der Waals surface area contributed by atoms with Crippen LogP contribution in [0.5, 0.6) is 0 Å². The molecule has 1 saturated heterocycles. The van der Waals surface area contributed by atoms with Gasteiger partial charge in [-0.15, -0.1) is 0 Å². The molecule has 1 aliphatic heterocycles. The van der Waals surface area contributed by atoms with Gasteiger partial charge in [-0.3, -0.25) is 9.59 Å². The maximum absolute atomic E-state index is 11.5. The van der Waals surface area contributed by atoms with Crippen LogP contribution in [0.1, 0.15) is 66.9 Å². The summed E-state index contributed by atoms with van der Waals surface area (Å²) in [5, 5.41) is 2.41. The molecule has 0 bridgehead atoms. The Kier molecular flexibility index (Phi) is 18.4. The van der Waals surface area contributed by atoms with Gasteiger partial charge < -0.3 is 26.3 Å². The number of benzene rings is 1. The lowest BCUT2D eigenvalue weighted by Gasteiger charge is -2.14.